The average molecular weight is 282 g/mol. The third-order valence-corrected chi connectivity index (χ3v) is 5.55. The summed E-state index contributed by atoms with van der Waals surface area (Å²) in [4.78, 5) is 2.74. The predicted octanol–water partition coefficient (Wildman–Crippen LogP) is 2.90. The zero-order valence-corrected chi connectivity index (χ0v) is 13.8. The highest BCUT2D eigenvalue weighted by molar-refractivity contribution is 4.91. The fourth-order valence-electron chi connectivity index (χ4n) is 3.95. The number of ether oxygens (including phenoxy) is 1. The van der Waals surface area contributed by atoms with Crippen LogP contribution in [0.15, 0.2) is 0 Å². The summed E-state index contributed by atoms with van der Waals surface area (Å²) in [5.41, 5.74) is 0.513. The lowest BCUT2D eigenvalue weighted by molar-refractivity contribution is 0.0808. The summed E-state index contributed by atoms with van der Waals surface area (Å²) in [5, 5.41) is 3.65. The third kappa shape index (κ3) is 4.44. The Morgan fingerprint density at radius 2 is 1.95 bits per heavy atom. The quantitative estimate of drug-likeness (QED) is 0.727. The first-order valence-corrected chi connectivity index (χ1v) is 8.59. The summed E-state index contributed by atoms with van der Waals surface area (Å²) in [7, 11) is 1.78. The molecule has 1 saturated heterocycles. The van der Waals surface area contributed by atoms with Crippen molar-refractivity contribution >= 4 is 0 Å². The standard InChI is InChI=1S/C17H34N2O/c1-15-6-8-17(9-7-15,13-18-10-12-20-3)14-19-11-4-5-16(19)2/h15-16,18H,4-14H2,1-3H3. The van der Waals surface area contributed by atoms with E-state index in [4.69, 9.17) is 4.74 Å². The number of hydrogen-bond acceptors (Lipinski definition) is 3. The summed E-state index contributed by atoms with van der Waals surface area (Å²) in [5.74, 6) is 0.929. The molecule has 3 nitrogen and oxygen atoms in total. The predicted molar refractivity (Wildman–Crippen MR) is 85.1 cm³/mol. The molecule has 1 aliphatic heterocycles. The van der Waals surface area contributed by atoms with E-state index in [0.717, 1.165) is 25.1 Å². The van der Waals surface area contributed by atoms with Gasteiger partial charge in [-0.25, -0.2) is 0 Å². The van der Waals surface area contributed by atoms with Gasteiger partial charge in [-0.1, -0.05) is 19.8 Å². The van der Waals surface area contributed by atoms with Crippen LogP contribution in [-0.2, 0) is 4.74 Å². The zero-order chi connectivity index (χ0) is 14.4. The lowest BCUT2D eigenvalue weighted by Crippen LogP contribution is -2.47. The number of nitrogens with one attached hydrogen (secondary N) is 1. The van der Waals surface area contributed by atoms with E-state index in [1.165, 1.54) is 58.2 Å². The molecule has 2 aliphatic rings. The van der Waals surface area contributed by atoms with Crippen molar-refractivity contribution in [3.63, 3.8) is 0 Å². The highest BCUT2D eigenvalue weighted by atomic mass is 16.5. The van der Waals surface area contributed by atoms with Crippen LogP contribution in [0, 0.1) is 11.3 Å². The molecule has 0 bridgehead atoms. The maximum Gasteiger partial charge on any atom is 0.0587 e. The Labute approximate surface area is 125 Å². The van der Waals surface area contributed by atoms with E-state index in [9.17, 15) is 0 Å². The Bertz CT molecular complexity index is 274. The summed E-state index contributed by atoms with van der Waals surface area (Å²) in [6, 6.07) is 0.796. The van der Waals surface area contributed by atoms with Crippen molar-refractivity contribution in [2.75, 3.05) is 39.9 Å². The first-order chi connectivity index (χ1) is 9.65. The van der Waals surface area contributed by atoms with Gasteiger partial charge < -0.3 is 15.0 Å². The molecule has 118 valence electrons. The van der Waals surface area contributed by atoms with Crippen molar-refractivity contribution in [2.24, 2.45) is 11.3 Å². The molecule has 1 unspecified atom stereocenters. The molecule has 20 heavy (non-hydrogen) atoms. The Morgan fingerprint density at radius 1 is 1.20 bits per heavy atom. The molecule has 0 aromatic heterocycles. The van der Waals surface area contributed by atoms with E-state index in [1.807, 2.05) is 0 Å². The molecule has 3 heteroatoms. The minimum absolute atomic E-state index is 0.513. The minimum atomic E-state index is 0.513. The van der Waals surface area contributed by atoms with Crippen LogP contribution in [0.25, 0.3) is 0 Å². The smallest absolute Gasteiger partial charge is 0.0587 e. The molecular weight excluding hydrogens is 248 g/mol. The fraction of sp³-hybridized carbons (Fsp3) is 1.00. The van der Waals surface area contributed by atoms with Gasteiger partial charge >= 0.3 is 0 Å². The van der Waals surface area contributed by atoms with Gasteiger partial charge in [0, 0.05) is 32.8 Å². The van der Waals surface area contributed by atoms with E-state index in [0.29, 0.717) is 5.41 Å². The van der Waals surface area contributed by atoms with Crippen LogP contribution in [0.2, 0.25) is 0 Å². The summed E-state index contributed by atoms with van der Waals surface area (Å²) in [6.45, 7) is 10.4. The van der Waals surface area contributed by atoms with Crippen molar-refractivity contribution < 1.29 is 4.74 Å². The van der Waals surface area contributed by atoms with E-state index in [2.05, 4.69) is 24.1 Å². The van der Waals surface area contributed by atoms with Gasteiger partial charge in [0.15, 0.2) is 0 Å². The molecule has 1 aliphatic carbocycles. The van der Waals surface area contributed by atoms with Gasteiger partial charge in [-0.2, -0.15) is 0 Å². The Kier molecular flexibility index (Phi) is 6.31. The topological polar surface area (TPSA) is 24.5 Å². The van der Waals surface area contributed by atoms with Gasteiger partial charge in [0.25, 0.3) is 0 Å². The van der Waals surface area contributed by atoms with Gasteiger partial charge in [0.05, 0.1) is 6.61 Å². The van der Waals surface area contributed by atoms with Gasteiger partial charge in [-0.15, -0.1) is 0 Å². The van der Waals surface area contributed by atoms with Crippen molar-refractivity contribution in [2.45, 2.75) is 58.4 Å². The van der Waals surface area contributed by atoms with Gasteiger partial charge in [0.1, 0.15) is 0 Å². The molecule has 2 fully saturated rings. The Morgan fingerprint density at radius 3 is 2.55 bits per heavy atom. The van der Waals surface area contributed by atoms with E-state index in [1.54, 1.807) is 7.11 Å². The molecule has 1 saturated carbocycles. The van der Waals surface area contributed by atoms with E-state index < -0.39 is 0 Å². The van der Waals surface area contributed by atoms with Crippen LogP contribution >= 0.6 is 0 Å². The molecule has 1 N–H and O–H groups in total. The molecule has 0 aromatic rings. The Balaban J connectivity index is 1.89. The van der Waals surface area contributed by atoms with Crippen LogP contribution in [0.3, 0.4) is 0 Å². The molecular formula is C17H34N2O. The number of likely N-dealkylation sites (tertiary alicyclic amines) is 1. The van der Waals surface area contributed by atoms with Gasteiger partial charge in [0.2, 0.25) is 0 Å². The normalized spacial score (nSPS) is 35.5. The molecule has 1 atom stereocenters. The molecule has 2 rings (SSSR count). The molecule has 1 heterocycles. The second kappa shape index (κ2) is 7.77. The Hall–Kier alpha value is -0.120. The number of hydrogen-bond donors (Lipinski definition) is 1. The first-order valence-electron chi connectivity index (χ1n) is 8.59. The van der Waals surface area contributed by atoms with Crippen molar-refractivity contribution in [1.82, 2.24) is 10.2 Å². The molecule has 0 aromatic carbocycles. The van der Waals surface area contributed by atoms with E-state index >= 15 is 0 Å². The molecule has 0 amide bonds. The lowest BCUT2D eigenvalue weighted by Gasteiger charge is -2.43. The van der Waals surface area contributed by atoms with Crippen LogP contribution in [-0.4, -0.2) is 50.8 Å². The number of methoxy groups -OCH3 is 1. The SMILES string of the molecule is COCCNCC1(CN2CCCC2C)CCC(C)CC1. The third-order valence-electron chi connectivity index (χ3n) is 5.55. The second-order valence-electron chi connectivity index (χ2n) is 7.31. The van der Waals surface area contributed by atoms with Crippen molar-refractivity contribution in [1.29, 1.82) is 0 Å². The second-order valence-corrected chi connectivity index (χ2v) is 7.31. The molecule has 0 spiro atoms. The lowest BCUT2D eigenvalue weighted by atomic mass is 9.70. The van der Waals surface area contributed by atoms with Crippen LogP contribution < -0.4 is 5.32 Å². The largest absolute Gasteiger partial charge is 0.383 e. The van der Waals surface area contributed by atoms with Crippen LogP contribution in [0.1, 0.15) is 52.4 Å². The van der Waals surface area contributed by atoms with E-state index in [-0.39, 0.29) is 0 Å². The maximum atomic E-state index is 5.16. The first kappa shape index (κ1) is 16.3. The van der Waals surface area contributed by atoms with Crippen LogP contribution in [0.4, 0.5) is 0 Å². The van der Waals surface area contributed by atoms with Gasteiger partial charge in [-0.05, 0) is 50.5 Å². The summed E-state index contributed by atoms with van der Waals surface area (Å²) >= 11 is 0. The maximum absolute atomic E-state index is 5.16. The zero-order valence-electron chi connectivity index (χ0n) is 13.8. The molecule has 0 radical (unpaired) electrons. The summed E-state index contributed by atoms with van der Waals surface area (Å²) in [6.07, 6.45) is 8.41. The van der Waals surface area contributed by atoms with Crippen molar-refractivity contribution in [3.05, 3.63) is 0 Å². The van der Waals surface area contributed by atoms with Crippen molar-refractivity contribution in [3.8, 4) is 0 Å². The fourth-order valence-corrected chi connectivity index (χ4v) is 3.95. The highest BCUT2D eigenvalue weighted by Crippen LogP contribution is 2.40. The number of rotatable bonds is 7. The average Bonchev–Trinajstić information content (AvgIpc) is 2.84. The minimum Gasteiger partial charge on any atom is -0.383 e. The van der Waals surface area contributed by atoms with Gasteiger partial charge in [-0.3, -0.25) is 0 Å². The summed E-state index contributed by atoms with van der Waals surface area (Å²) < 4.78 is 5.16. The monoisotopic (exact) mass is 282 g/mol. The highest BCUT2D eigenvalue weighted by Gasteiger charge is 2.37. The number of nitrogens with zero attached hydrogens (tertiary/aromatic N) is 1. The van der Waals surface area contributed by atoms with Crippen LogP contribution in [0.5, 0.6) is 0 Å².